The molecule has 4 nitrogen and oxygen atoms in total. The highest BCUT2D eigenvalue weighted by molar-refractivity contribution is 6.30. The van der Waals surface area contributed by atoms with Gasteiger partial charge in [-0.25, -0.2) is 0 Å². The largest absolute Gasteiger partial charge is 0.388 e. The number of nitro benzene ring substituents is 1. The zero-order valence-corrected chi connectivity index (χ0v) is 7.65. The summed E-state index contributed by atoms with van der Waals surface area (Å²) >= 11 is 5.58. The lowest BCUT2D eigenvalue weighted by atomic mass is 10.1. The molecule has 0 aromatic heterocycles. The number of benzene rings is 1. The van der Waals surface area contributed by atoms with Crippen LogP contribution >= 0.6 is 11.6 Å². The van der Waals surface area contributed by atoms with E-state index in [4.69, 9.17) is 11.6 Å². The standard InChI is InChI=1S/C8H8ClNO3/c1-5(11)7-3-2-6(9)4-8(7)10(12)13/h2-5,11H,1H3/t5-/m1/s1. The molecule has 0 saturated carbocycles. The molecule has 1 aromatic carbocycles. The van der Waals surface area contributed by atoms with Crippen LogP contribution in [0.4, 0.5) is 5.69 Å². The minimum absolute atomic E-state index is 0.150. The van der Waals surface area contributed by atoms with Crippen LogP contribution in [-0.4, -0.2) is 10.0 Å². The maximum atomic E-state index is 10.5. The molecule has 13 heavy (non-hydrogen) atoms. The topological polar surface area (TPSA) is 63.4 Å². The molecular formula is C8H8ClNO3. The van der Waals surface area contributed by atoms with Crippen LogP contribution in [0.3, 0.4) is 0 Å². The highest BCUT2D eigenvalue weighted by Crippen LogP contribution is 2.27. The molecule has 1 atom stereocenters. The molecule has 70 valence electrons. The maximum absolute atomic E-state index is 10.5. The van der Waals surface area contributed by atoms with Gasteiger partial charge in [-0.3, -0.25) is 10.1 Å². The second kappa shape index (κ2) is 3.72. The predicted octanol–water partition coefficient (Wildman–Crippen LogP) is 2.30. The van der Waals surface area contributed by atoms with Crippen LogP contribution in [0.2, 0.25) is 5.02 Å². The van der Waals surface area contributed by atoms with Crippen molar-refractivity contribution in [3.63, 3.8) is 0 Å². The fourth-order valence-corrected chi connectivity index (χ4v) is 1.19. The molecule has 0 heterocycles. The van der Waals surface area contributed by atoms with Crippen molar-refractivity contribution in [2.75, 3.05) is 0 Å². The first kappa shape index (κ1) is 9.95. The Labute approximate surface area is 79.9 Å². The summed E-state index contributed by atoms with van der Waals surface area (Å²) in [5, 5.41) is 20.0. The number of rotatable bonds is 2. The third kappa shape index (κ3) is 2.17. The van der Waals surface area contributed by atoms with Gasteiger partial charge in [-0.2, -0.15) is 0 Å². The van der Waals surface area contributed by atoms with Gasteiger partial charge < -0.3 is 5.11 Å². The number of nitrogens with zero attached hydrogens (tertiary/aromatic N) is 1. The van der Waals surface area contributed by atoms with E-state index in [9.17, 15) is 15.2 Å². The van der Waals surface area contributed by atoms with Crippen LogP contribution in [0.25, 0.3) is 0 Å². The van der Waals surface area contributed by atoms with Gasteiger partial charge in [0.25, 0.3) is 5.69 Å². The molecule has 0 amide bonds. The molecule has 0 unspecified atom stereocenters. The van der Waals surface area contributed by atoms with Gasteiger partial charge in [-0.05, 0) is 19.1 Å². The van der Waals surface area contributed by atoms with Gasteiger partial charge in [-0.1, -0.05) is 11.6 Å². The van der Waals surface area contributed by atoms with Crippen molar-refractivity contribution in [2.24, 2.45) is 0 Å². The normalized spacial score (nSPS) is 12.5. The Balaban J connectivity index is 3.27. The predicted molar refractivity (Wildman–Crippen MR) is 48.7 cm³/mol. The Hall–Kier alpha value is -1.13. The van der Waals surface area contributed by atoms with E-state index in [-0.39, 0.29) is 16.3 Å². The summed E-state index contributed by atoms with van der Waals surface area (Å²) in [7, 11) is 0. The van der Waals surface area contributed by atoms with Crippen molar-refractivity contribution in [2.45, 2.75) is 13.0 Å². The van der Waals surface area contributed by atoms with Gasteiger partial charge in [0, 0.05) is 11.1 Å². The lowest BCUT2D eigenvalue weighted by molar-refractivity contribution is -0.386. The second-order valence-corrected chi connectivity index (χ2v) is 3.07. The Kier molecular flexibility index (Phi) is 2.85. The fourth-order valence-electron chi connectivity index (χ4n) is 1.03. The van der Waals surface area contributed by atoms with Gasteiger partial charge in [-0.15, -0.1) is 0 Å². The Morgan fingerprint density at radius 1 is 1.62 bits per heavy atom. The summed E-state index contributed by atoms with van der Waals surface area (Å²) in [6, 6.07) is 4.19. The summed E-state index contributed by atoms with van der Waals surface area (Å²) in [4.78, 5) is 9.95. The highest BCUT2D eigenvalue weighted by atomic mass is 35.5. The van der Waals surface area contributed by atoms with E-state index in [1.807, 2.05) is 0 Å². The number of aliphatic hydroxyl groups excluding tert-OH is 1. The molecule has 0 saturated heterocycles. The molecule has 0 aliphatic rings. The van der Waals surface area contributed by atoms with Crippen molar-refractivity contribution < 1.29 is 10.0 Å². The number of hydrogen-bond donors (Lipinski definition) is 1. The van der Waals surface area contributed by atoms with Gasteiger partial charge in [0.1, 0.15) is 0 Å². The van der Waals surface area contributed by atoms with Crippen LogP contribution in [0, 0.1) is 10.1 Å². The molecule has 1 N–H and O–H groups in total. The second-order valence-electron chi connectivity index (χ2n) is 2.64. The van der Waals surface area contributed by atoms with E-state index in [1.165, 1.54) is 25.1 Å². The van der Waals surface area contributed by atoms with E-state index in [0.29, 0.717) is 0 Å². The monoisotopic (exact) mass is 201 g/mol. The SMILES string of the molecule is C[C@@H](O)c1ccc(Cl)cc1[N+](=O)[O-]. The minimum Gasteiger partial charge on any atom is -0.388 e. The van der Waals surface area contributed by atoms with E-state index in [2.05, 4.69) is 0 Å². The molecule has 0 spiro atoms. The third-order valence-electron chi connectivity index (χ3n) is 1.64. The van der Waals surface area contributed by atoms with Crippen LogP contribution in [0.1, 0.15) is 18.6 Å². The summed E-state index contributed by atoms with van der Waals surface area (Å²) in [5.41, 5.74) is 0.122. The van der Waals surface area contributed by atoms with Crippen molar-refractivity contribution in [1.82, 2.24) is 0 Å². The van der Waals surface area contributed by atoms with Gasteiger partial charge >= 0.3 is 0 Å². The number of hydrogen-bond acceptors (Lipinski definition) is 3. The first-order valence-electron chi connectivity index (χ1n) is 3.64. The maximum Gasteiger partial charge on any atom is 0.276 e. The van der Waals surface area contributed by atoms with Crippen molar-refractivity contribution in [1.29, 1.82) is 0 Å². The molecule has 0 aliphatic heterocycles. The Bertz CT molecular complexity index is 338. The van der Waals surface area contributed by atoms with Crippen molar-refractivity contribution in [3.8, 4) is 0 Å². The molecule has 0 bridgehead atoms. The average molecular weight is 202 g/mol. The molecule has 5 heteroatoms. The van der Waals surface area contributed by atoms with Gasteiger partial charge in [0.05, 0.1) is 16.6 Å². The van der Waals surface area contributed by atoms with Crippen molar-refractivity contribution in [3.05, 3.63) is 38.9 Å². The lowest BCUT2D eigenvalue weighted by Crippen LogP contribution is -1.98. The third-order valence-corrected chi connectivity index (χ3v) is 1.87. The van der Waals surface area contributed by atoms with Crippen molar-refractivity contribution >= 4 is 17.3 Å². The number of halogens is 1. The zero-order valence-electron chi connectivity index (χ0n) is 6.90. The van der Waals surface area contributed by atoms with E-state index < -0.39 is 11.0 Å². The quantitative estimate of drug-likeness (QED) is 0.590. The highest BCUT2D eigenvalue weighted by Gasteiger charge is 2.17. The summed E-state index contributed by atoms with van der Waals surface area (Å²) in [6.07, 6.45) is -0.863. The van der Waals surface area contributed by atoms with E-state index >= 15 is 0 Å². The van der Waals surface area contributed by atoms with Crippen LogP contribution in [0.15, 0.2) is 18.2 Å². The molecule has 0 radical (unpaired) electrons. The van der Waals surface area contributed by atoms with Crippen LogP contribution in [-0.2, 0) is 0 Å². The molecular weight excluding hydrogens is 194 g/mol. The lowest BCUT2D eigenvalue weighted by Gasteiger charge is -2.05. The summed E-state index contributed by atoms with van der Waals surface area (Å²) < 4.78 is 0. The minimum atomic E-state index is -0.863. The first-order chi connectivity index (χ1) is 6.02. The molecule has 0 aliphatic carbocycles. The average Bonchev–Trinajstić information content (AvgIpc) is 2.03. The number of aliphatic hydroxyl groups is 1. The van der Waals surface area contributed by atoms with E-state index in [1.54, 1.807) is 0 Å². The Morgan fingerprint density at radius 2 is 2.23 bits per heavy atom. The van der Waals surface area contributed by atoms with Gasteiger partial charge in [0.15, 0.2) is 0 Å². The van der Waals surface area contributed by atoms with E-state index in [0.717, 1.165) is 0 Å². The summed E-state index contributed by atoms with van der Waals surface area (Å²) in [5.74, 6) is 0. The summed E-state index contributed by atoms with van der Waals surface area (Å²) in [6.45, 7) is 1.47. The Morgan fingerprint density at radius 3 is 2.69 bits per heavy atom. The van der Waals surface area contributed by atoms with Crippen LogP contribution in [0.5, 0.6) is 0 Å². The molecule has 0 fully saturated rings. The molecule has 1 aromatic rings. The van der Waals surface area contributed by atoms with Gasteiger partial charge in [0.2, 0.25) is 0 Å². The number of nitro groups is 1. The molecule has 1 rings (SSSR count). The smallest absolute Gasteiger partial charge is 0.276 e. The first-order valence-corrected chi connectivity index (χ1v) is 4.02. The fraction of sp³-hybridized carbons (Fsp3) is 0.250. The zero-order chi connectivity index (χ0) is 10.0. The van der Waals surface area contributed by atoms with Crippen LogP contribution < -0.4 is 0 Å².